The van der Waals surface area contributed by atoms with Crippen molar-refractivity contribution < 1.29 is 0 Å². The molecule has 1 aromatic rings. The van der Waals surface area contributed by atoms with Gasteiger partial charge in [0.05, 0.1) is 0 Å². The third-order valence-electron chi connectivity index (χ3n) is 4.64. The number of hydrogen-bond donors (Lipinski definition) is 1. The predicted molar refractivity (Wildman–Crippen MR) is 87.2 cm³/mol. The highest BCUT2D eigenvalue weighted by Crippen LogP contribution is 2.39. The lowest BCUT2D eigenvalue weighted by Gasteiger charge is -2.43. The number of benzene rings is 1. The Morgan fingerprint density at radius 2 is 1.70 bits per heavy atom. The second-order valence-electron chi connectivity index (χ2n) is 6.14. The lowest BCUT2D eigenvalue weighted by molar-refractivity contribution is 0.136. The van der Waals surface area contributed by atoms with Gasteiger partial charge in [-0.3, -0.25) is 4.90 Å². The van der Waals surface area contributed by atoms with E-state index < -0.39 is 0 Å². The molecule has 1 aromatic carbocycles. The van der Waals surface area contributed by atoms with Crippen molar-refractivity contribution in [1.82, 2.24) is 10.2 Å². The van der Waals surface area contributed by atoms with Crippen molar-refractivity contribution in [2.75, 3.05) is 20.1 Å². The van der Waals surface area contributed by atoms with Gasteiger partial charge < -0.3 is 5.32 Å². The number of likely N-dealkylation sites (N-methyl/N-ethyl adjacent to an activating group) is 1. The fourth-order valence-corrected chi connectivity index (χ4v) is 3.80. The lowest BCUT2D eigenvalue weighted by atomic mass is 9.77. The maximum atomic E-state index is 3.59. The first-order valence-electron chi connectivity index (χ1n) is 8.23. The number of hydrogen-bond acceptors (Lipinski definition) is 2. The molecule has 0 bridgehead atoms. The van der Waals surface area contributed by atoms with Crippen LogP contribution in [0.3, 0.4) is 0 Å². The van der Waals surface area contributed by atoms with Gasteiger partial charge in [-0.1, -0.05) is 45.0 Å². The van der Waals surface area contributed by atoms with Crippen LogP contribution in [0, 0.1) is 0 Å². The molecule has 112 valence electrons. The molecule has 0 aliphatic heterocycles. The highest BCUT2D eigenvalue weighted by Gasteiger charge is 2.34. The zero-order valence-corrected chi connectivity index (χ0v) is 13.5. The summed E-state index contributed by atoms with van der Waals surface area (Å²) in [6.45, 7) is 9.39. The average molecular weight is 274 g/mol. The highest BCUT2D eigenvalue weighted by atomic mass is 15.2. The molecule has 0 heterocycles. The van der Waals surface area contributed by atoms with Gasteiger partial charge in [0.25, 0.3) is 0 Å². The summed E-state index contributed by atoms with van der Waals surface area (Å²) in [6, 6.07) is 10.1. The minimum Gasteiger partial charge on any atom is -0.312 e. The van der Waals surface area contributed by atoms with Crippen molar-refractivity contribution in [2.24, 2.45) is 0 Å². The van der Waals surface area contributed by atoms with Crippen LogP contribution >= 0.6 is 0 Å². The van der Waals surface area contributed by atoms with E-state index in [2.05, 4.69) is 62.3 Å². The Morgan fingerprint density at radius 1 is 1.10 bits per heavy atom. The molecule has 0 amide bonds. The SMILES string of the molecule is CCCN(CCC)C1CC(C)c2ccccc2C1NC. The quantitative estimate of drug-likeness (QED) is 0.845. The molecule has 3 atom stereocenters. The van der Waals surface area contributed by atoms with Gasteiger partial charge in [-0.25, -0.2) is 0 Å². The van der Waals surface area contributed by atoms with Gasteiger partial charge in [0.15, 0.2) is 0 Å². The molecule has 20 heavy (non-hydrogen) atoms. The molecule has 3 unspecified atom stereocenters. The second kappa shape index (κ2) is 7.24. The lowest BCUT2D eigenvalue weighted by Crippen LogP contribution is -2.47. The molecular formula is C18H30N2. The highest BCUT2D eigenvalue weighted by molar-refractivity contribution is 5.36. The topological polar surface area (TPSA) is 15.3 Å². The Labute approximate surface area is 124 Å². The molecule has 2 heteroatoms. The monoisotopic (exact) mass is 274 g/mol. The average Bonchev–Trinajstić information content (AvgIpc) is 2.47. The summed E-state index contributed by atoms with van der Waals surface area (Å²) in [5.74, 6) is 0.664. The molecule has 2 rings (SSSR count). The van der Waals surface area contributed by atoms with Crippen molar-refractivity contribution in [3.05, 3.63) is 35.4 Å². The Morgan fingerprint density at radius 3 is 2.25 bits per heavy atom. The predicted octanol–water partition coefficient (Wildman–Crippen LogP) is 3.94. The summed E-state index contributed by atoms with van der Waals surface area (Å²) in [5.41, 5.74) is 3.05. The first kappa shape index (κ1) is 15.5. The normalized spacial score (nSPS) is 25.8. The molecule has 1 N–H and O–H groups in total. The van der Waals surface area contributed by atoms with Gasteiger partial charge in [0.2, 0.25) is 0 Å². The molecule has 0 saturated heterocycles. The van der Waals surface area contributed by atoms with E-state index in [0.717, 1.165) is 0 Å². The summed E-state index contributed by atoms with van der Waals surface area (Å²) >= 11 is 0. The number of rotatable bonds is 6. The number of nitrogens with zero attached hydrogens (tertiary/aromatic N) is 1. The van der Waals surface area contributed by atoms with Crippen molar-refractivity contribution in [2.45, 2.75) is 58.0 Å². The van der Waals surface area contributed by atoms with E-state index in [0.29, 0.717) is 18.0 Å². The summed E-state index contributed by atoms with van der Waals surface area (Å²) in [4.78, 5) is 2.70. The van der Waals surface area contributed by atoms with Crippen LogP contribution in [0.2, 0.25) is 0 Å². The summed E-state index contributed by atoms with van der Waals surface area (Å²) in [7, 11) is 2.11. The molecule has 0 spiro atoms. The second-order valence-corrected chi connectivity index (χ2v) is 6.14. The molecular weight excluding hydrogens is 244 g/mol. The minimum atomic E-state index is 0.473. The van der Waals surface area contributed by atoms with Crippen LogP contribution in [-0.2, 0) is 0 Å². The molecule has 0 saturated carbocycles. The van der Waals surface area contributed by atoms with Crippen LogP contribution < -0.4 is 5.32 Å². The Kier molecular flexibility index (Phi) is 5.62. The molecule has 0 radical (unpaired) electrons. The first-order valence-corrected chi connectivity index (χ1v) is 8.23. The number of nitrogens with one attached hydrogen (secondary N) is 1. The first-order chi connectivity index (χ1) is 9.72. The van der Waals surface area contributed by atoms with Crippen LogP contribution in [0.5, 0.6) is 0 Å². The molecule has 1 aliphatic rings. The van der Waals surface area contributed by atoms with Crippen molar-refractivity contribution in [3.63, 3.8) is 0 Å². The van der Waals surface area contributed by atoms with Crippen LogP contribution in [0.1, 0.15) is 63.1 Å². The van der Waals surface area contributed by atoms with E-state index >= 15 is 0 Å². The fraction of sp³-hybridized carbons (Fsp3) is 0.667. The standard InChI is InChI=1S/C18H30N2/c1-5-11-20(12-6-2)17-13-14(3)15-9-7-8-10-16(15)18(17)19-4/h7-10,14,17-19H,5-6,11-13H2,1-4H3. The fourth-order valence-electron chi connectivity index (χ4n) is 3.80. The van der Waals surface area contributed by atoms with Crippen molar-refractivity contribution in [3.8, 4) is 0 Å². The Bertz CT molecular complexity index is 410. The van der Waals surface area contributed by atoms with E-state index in [1.165, 1.54) is 43.5 Å². The van der Waals surface area contributed by atoms with Gasteiger partial charge in [-0.2, -0.15) is 0 Å². The van der Waals surface area contributed by atoms with Crippen molar-refractivity contribution >= 4 is 0 Å². The van der Waals surface area contributed by atoms with E-state index in [9.17, 15) is 0 Å². The van der Waals surface area contributed by atoms with Gasteiger partial charge in [0.1, 0.15) is 0 Å². The summed E-state index contributed by atoms with van der Waals surface area (Å²) in [6.07, 6.45) is 3.74. The van der Waals surface area contributed by atoms with Crippen LogP contribution in [0.25, 0.3) is 0 Å². The van der Waals surface area contributed by atoms with E-state index in [4.69, 9.17) is 0 Å². The Balaban J connectivity index is 2.30. The third kappa shape index (κ3) is 3.07. The maximum Gasteiger partial charge on any atom is 0.0478 e. The maximum absolute atomic E-state index is 3.59. The van der Waals surface area contributed by atoms with Gasteiger partial charge >= 0.3 is 0 Å². The van der Waals surface area contributed by atoms with Gasteiger partial charge in [-0.05, 0) is 56.4 Å². The van der Waals surface area contributed by atoms with Crippen molar-refractivity contribution in [1.29, 1.82) is 0 Å². The van der Waals surface area contributed by atoms with Crippen LogP contribution in [-0.4, -0.2) is 31.1 Å². The van der Waals surface area contributed by atoms with E-state index in [1.54, 1.807) is 0 Å². The zero-order chi connectivity index (χ0) is 14.5. The largest absolute Gasteiger partial charge is 0.312 e. The summed E-state index contributed by atoms with van der Waals surface area (Å²) < 4.78 is 0. The minimum absolute atomic E-state index is 0.473. The molecule has 0 aromatic heterocycles. The smallest absolute Gasteiger partial charge is 0.0478 e. The molecule has 1 aliphatic carbocycles. The van der Waals surface area contributed by atoms with Gasteiger partial charge in [-0.15, -0.1) is 0 Å². The number of fused-ring (bicyclic) bond motifs is 1. The third-order valence-corrected chi connectivity index (χ3v) is 4.64. The molecule has 2 nitrogen and oxygen atoms in total. The van der Waals surface area contributed by atoms with Crippen LogP contribution in [0.4, 0.5) is 0 Å². The molecule has 0 fully saturated rings. The van der Waals surface area contributed by atoms with Gasteiger partial charge in [0, 0.05) is 12.1 Å². The summed E-state index contributed by atoms with van der Waals surface area (Å²) in [5, 5.41) is 3.59. The van der Waals surface area contributed by atoms with E-state index in [-0.39, 0.29) is 0 Å². The Hall–Kier alpha value is -0.860. The van der Waals surface area contributed by atoms with E-state index in [1.807, 2.05) is 0 Å². The van der Waals surface area contributed by atoms with Crippen LogP contribution in [0.15, 0.2) is 24.3 Å². The zero-order valence-electron chi connectivity index (χ0n) is 13.5.